The van der Waals surface area contributed by atoms with Gasteiger partial charge in [0.2, 0.25) is 0 Å². The molecule has 1 heterocycles. The molecule has 2 aromatic rings. The molecule has 6 heteroatoms. The maximum absolute atomic E-state index is 12.2. The molecule has 2 N–H and O–H groups in total. The average molecular weight is 300 g/mol. The zero-order chi connectivity index (χ0) is 15.7. The van der Waals surface area contributed by atoms with Crippen molar-refractivity contribution in [2.24, 2.45) is 5.84 Å². The van der Waals surface area contributed by atoms with Crippen LogP contribution in [-0.2, 0) is 4.74 Å². The second kappa shape index (κ2) is 5.75. The highest BCUT2D eigenvalue weighted by atomic mass is 16.5. The Balaban J connectivity index is 2.08. The van der Waals surface area contributed by atoms with Crippen LogP contribution >= 0.6 is 0 Å². The Kier molecular flexibility index (Phi) is 3.79. The maximum atomic E-state index is 12.2. The zero-order valence-corrected chi connectivity index (χ0v) is 12.2. The fourth-order valence-corrected chi connectivity index (χ4v) is 2.56. The van der Waals surface area contributed by atoms with Gasteiger partial charge in [-0.3, -0.25) is 9.59 Å². The van der Waals surface area contributed by atoms with Gasteiger partial charge < -0.3 is 9.47 Å². The lowest BCUT2D eigenvalue weighted by molar-refractivity contribution is 0.0654. The molecule has 1 aliphatic rings. The molecule has 114 valence electrons. The Morgan fingerprint density at radius 3 is 2.55 bits per heavy atom. The molecule has 2 aromatic carbocycles. The van der Waals surface area contributed by atoms with E-state index < -0.39 is 11.8 Å². The third-order valence-corrected chi connectivity index (χ3v) is 3.58. The van der Waals surface area contributed by atoms with Gasteiger partial charge in [0.1, 0.15) is 12.4 Å². The third kappa shape index (κ3) is 2.22. The van der Waals surface area contributed by atoms with E-state index in [9.17, 15) is 9.59 Å². The number of carbonyl (C=O) groups excluding carboxylic acids is 2. The quantitative estimate of drug-likeness (QED) is 0.393. The molecule has 0 unspecified atom stereocenters. The van der Waals surface area contributed by atoms with E-state index in [1.165, 1.54) is 0 Å². The number of fused-ring (bicyclic) bond motifs is 3. The predicted octanol–water partition coefficient (Wildman–Crippen LogP) is 1.72. The van der Waals surface area contributed by atoms with Crippen molar-refractivity contribution in [3.05, 3.63) is 41.5 Å². The minimum atomic E-state index is -0.514. The molecule has 0 atom stereocenters. The first kappa shape index (κ1) is 14.5. The highest BCUT2D eigenvalue weighted by Gasteiger charge is 2.36. The largest absolute Gasteiger partial charge is 0.491 e. The number of nitrogens with zero attached hydrogens (tertiary/aromatic N) is 1. The summed E-state index contributed by atoms with van der Waals surface area (Å²) in [6.45, 7) is 3.34. The summed E-state index contributed by atoms with van der Waals surface area (Å²) < 4.78 is 11.0. The van der Waals surface area contributed by atoms with Crippen molar-refractivity contribution in [2.75, 3.05) is 19.8 Å². The molecular formula is C16H16N2O4. The smallest absolute Gasteiger partial charge is 0.276 e. The number of benzene rings is 2. The molecule has 0 aliphatic carbocycles. The molecule has 0 bridgehead atoms. The highest BCUT2D eigenvalue weighted by molar-refractivity contribution is 6.26. The number of nitrogens with two attached hydrogens (primary N) is 1. The number of imide groups is 1. The van der Waals surface area contributed by atoms with Crippen LogP contribution in [0.25, 0.3) is 10.8 Å². The molecule has 6 nitrogen and oxygen atoms in total. The summed E-state index contributed by atoms with van der Waals surface area (Å²) in [5.74, 6) is 5.07. The minimum Gasteiger partial charge on any atom is -0.491 e. The van der Waals surface area contributed by atoms with Crippen LogP contribution in [0, 0.1) is 0 Å². The molecule has 0 spiro atoms. The molecule has 1 aliphatic heterocycles. The third-order valence-electron chi connectivity index (χ3n) is 3.58. The summed E-state index contributed by atoms with van der Waals surface area (Å²) in [5.41, 5.74) is 0.609. The van der Waals surface area contributed by atoms with Gasteiger partial charge in [0, 0.05) is 12.0 Å². The number of hydrazine groups is 1. The molecule has 0 fully saturated rings. The minimum absolute atomic E-state index is 0.276. The number of hydrogen-bond acceptors (Lipinski definition) is 5. The first-order valence-electron chi connectivity index (χ1n) is 7.05. The highest BCUT2D eigenvalue weighted by Crippen LogP contribution is 2.35. The van der Waals surface area contributed by atoms with E-state index in [1.54, 1.807) is 12.1 Å². The van der Waals surface area contributed by atoms with E-state index in [-0.39, 0.29) is 5.56 Å². The normalized spacial score (nSPS) is 13.8. The fraction of sp³-hybridized carbons (Fsp3) is 0.250. The van der Waals surface area contributed by atoms with Gasteiger partial charge in [-0.15, -0.1) is 0 Å². The summed E-state index contributed by atoms with van der Waals surface area (Å²) in [6.07, 6.45) is 0. The molecule has 0 radical (unpaired) electrons. The lowest BCUT2D eigenvalue weighted by atomic mass is 9.99. The van der Waals surface area contributed by atoms with Gasteiger partial charge in [-0.2, -0.15) is 0 Å². The van der Waals surface area contributed by atoms with Gasteiger partial charge in [0.05, 0.1) is 17.7 Å². The first-order chi connectivity index (χ1) is 10.6. The zero-order valence-electron chi connectivity index (χ0n) is 12.2. The molecule has 2 amide bonds. The van der Waals surface area contributed by atoms with Crippen LogP contribution in [0.1, 0.15) is 27.6 Å². The van der Waals surface area contributed by atoms with E-state index in [2.05, 4.69) is 0 Å². The van der Waals surface area contributed by atoms with E-state index in [0.717, 1.165) is 5.39 Å². The van der Waals surface area contributed by atoms with E-state index >= 15 is 0 Å². The Labute approximate surface area is 127 Å². The van der Waals surface area contributed by atoms with Gasteiger partial charge in [0.15, 0.2) is 0 Å². The van der Waals surface area contributed by atoms with E-state index in [4.69, 9.17) is 15.3 Å². The van der Waals surface area contributed by atoms with Crippen LogP contribution in [0.2, 0.25) is 0 Å². The van der Waals surface area contributed by atoms with Crippen LogP contribution in [0.15, 0.2) is 30.3 Å². The van der Waals surface area contributed by atoms with Gasteiger partial charge in [-0.1, -0.05) is 24.3 Å². The Morgan fingerprint density at radius 2 is 1.82 bits per heavy atom. The molecule has 0 saturated carbocycles. The Hall–Kier alpha value is -2.44. The molecule has 3 rings (SSSR count). The second-order valence-electron chi connectivity index (χ2n) is 4.87. The number of hydrogen-bond donors (Lipinski definition) is 1. The predicted molar refractivity (Wildman–Crippen MR) is 80.6 cm³/mol. The summed E-state index contributed by atoms with van der Waals surface area (Å²) in [6, 6.07) is 8.88. The van der Waals surface area contributed by atoms with Gasteiger partial charge >= 0.3 is 0 Å². The van der Waals surface area contributed by atoms with Crippen molar-refractivity contribution in [3.63, 3.8) is 0 Å². The number of carbonyl (C=O) groups is 2. The fourth-order valence-electron chi connectivity index (χ4n) is 2.56. The van der Waals surface area contributed by atoms with Crippen LogP contribution in [0.3, 0.4) is 0 Å². The van der Waals surface area contributed by atoms with Crippen molar-refractivity contribution in [3.8, 4) is 5.75 Å². The second-order valence-corrected chi connectivity index (χ2v) is 4.87. The lowest BCUT2D eigenvalue weighted by Crippen LogP contribution is -2.36. The van der Waals surface area contributed by atoms with Crippen molar-refractivity contribution in [2.45, 2.75) is 6.92 Å². The summed E-state index contributed by atoms with van der Waals surface area (Å²) in [7, 11) is 0. The maximum Gasteiger partial charge on any atom is 0.276 e. The van der Waals surface area contributed by atoms with Crippen molar-refractivity contribution in [1.29, 1.82) is 0 Å². The topological polar surface area (TPSA) is 81.9 Å². The van der Waals surface area contributed by atoms with Gasteiger partial charge in [-0.05, 0) is 18.4 Å². The summed E-state index contributed by atoms with van der Waals surface area (Å²) in [5, 5.41) is 2.08. The van der Waals surface area contributed by atoms with Crippen molar-refractivity contribution in [1.82, 2.24) is 5.01 Å². The van der Waals surface area contributed by atoms with Crippen LogP contribution in [0.4, 0.5) is 0 Å². The SMILES string of the molecule is CCOCCOc1cc2c(c3ccccc13)C(=O)N(N)C2=O. The number of rotatable bonds is 5. The first-order valence-corrected chi connectivity index (χ1v) is 7.05. The lowest BCUT2D eigenvalue weighted by Gasteiger charge is -2.11. The molecule has 0 aromatic heterocycles. The monoisotopic (exact) mass is 300 g/mol. The van der Waals surface area contributed by atoms with Crippen LogP contribution in [0.5, 0.6) is 5.75 Å². The Bertz CT molecular complexity index is 757. The standard InChI is InChI=1S/C16H16N2O4/c1-2-21-7-8-22-13-9-12-14(16(20)18(17)15(12)19)11-6-4-3-5-10(11)13/h3-6,9H,2,7-8,17H2,1H3. The van der Waals surface area contributed by atoms with Crippen LogP contribution < -0.4 is 10.6 Å². The van der Waals surface area contributed by atoms with Crippen molar-refractivity contribution >= 4 is 22.6 Å². The molecular weight excluding hydrogens is 284 g/mol. The van der Waals surface area contributed by atoms with E-state index in [0.29, 0.717) is 41.5 Å². The van der Waals surface area contributed by atoms with Crippen LogP contribution in [-0.4, -0.2) is 36.6 Å². The number of ether oxygens (including phenoxy) is 2. The summed E-state index contributed by atoms with van der Waals surface area (Å²) in [4.78, 5) is 24.2. The average Bonchev–Trinajstić information content (AvgIpc) is 2.76. The summed E-state index contributed by atoms with van der Waals surface area (Å²) >= 11 is 0. The van der Waals surface area contributed by atoms with Gasteiger partial charge in [0.25, 0.3) is 11.8 Å². The number of amides is 2. The van der Waals surface area contributed by atoms with E-state index in [1.807, 2.05) is 25.1 Å². The Morgan fingerprint density at radius 1 is 1.09 bits per heavy atom. The van der Waals surface area contributed by atoms with Gasteiger partial charge in [-0.25, -0.2) is 10.9 Å². The van der Waals surface area contributed by atoms with Crippen molar-refractivity contribution < 1.29 is 19.1 Å². The molecule has 0 saturated heterocycles. The molecule has 22 heavy (non-hydrogen) atoms.